The van der Waals surface area contributed by atoms with Crippen LogP contribution in [0.3, 0.4) is 0 Å². The first-order valence-electron chi connectivity index (χ1n) is 5.02. The number of aryl methyl sites for hydroxylation is 1. The lowest BCUT2D eigenvalue weighted by atomic mass is 9.96. The van der Waals surface area contributed by atoms with E-state index >= 15 is 0 Å². The molecule has 15 heavy (non-hydrogen) atoms. The molecular weight excluding hydrogens is 208 g/mol. The first-order chi connectivity index (χ1) is 6.89. The molecule has 2 rings (SSSR count). The number of nitrogens with zero attached hydrogens (tertiary/aromatic N) is 2. The lowest BCUT2D eigenvalue weighted by Crippen LogP contribution is -2.17. The van der Waals surface area contributed by atoms with Gasteiger partial charge >= 0.3 is 0 Å². The Balaban J connectivity index is 2.76. The van der Waals surface area contributed by atoms with Gasteiger partial charge in [-0.25, -0.2) is 4.98 Å². The van der Waals surface area contributed by atoms with E-state index in [-0.39, 0.29) is 5.41 Å². The van der Waals surface area contributed by atoms with E-state index in [1.54, 1.807) is 0 Å². The van der Waals surface area contributed by atoms with Crippen LogP contribution in [0.5, 0.6) is 0 Å². The molecule has 0 spiro atoms. The number of hydrogen-bond acceptors (Lipinski definition) is 1. The summed E-state index contributed by atoms with van der Waals surface area (Å²) in [6, 6.07) is 5.80. The number of hydrogen-bond donors (Lipinski definition) is 0. The number of imidazole rings is 1. The summed E-state index contributed by atoms with van der Waals surface area (Å²) in [6.45, 7) is 6.49. The minimum absolute atomic E-state index is 0.0558. The lowest BCUT2D eigenvalue weighted by molar-refractivity contribution is 0.526. The van der Waals surface area contributed by atoms with E-state index in [1.807, 2.05) is 25.2 Å². The fourth-order valence-corrected chi connectivity index (χ4v) is 2.00. The molecule has 80 valence electrons. The van der Waals surface area contributed by atoms with Gasteiger partial charge in [-0.05, 0) is 18.2 Å². The van der Waals surface area contributed by atoms with E-state index < -0.39 is 0 Å². The molecule has 0 N–H and O–H groups in total. The molecule has 0 saturated heterocycles. The maximum Gasteiger partial charge on any atom is 0.115 e. The van der Waals surface area contributed by atoms with Crippen molar-refractivity contribution in [3.8, 4) is 0 Å². The SMILES string of the molecule is Cn1c(C(C)(C)C)nc2ccc(Cl)cc21. The minimum atomic E-state index is 0.0558. The van der Waals surface area contributed by atoms with E-state index in [4.69, 9.17) is 11.6 Å². The van der Waals surface area contributed by atoms with Gasteiger partial charge < -0.3 is 4.57 Å². The number of halogens is 1. The molecule has 0 saturated carbocycles. The maximum atomic E-state index is 5.97. The molecule has 0 radical (unpaired) electrons. The highest BCUT2D eigenvalue weighted by Gasteiger charge is 2.20. The second kappa shape index (κ2) is 3.24. The molecule has 2 nitrogen and oxygen atoms in total. The summed E-state index contributed by atoms with van der Waals surface area (Å²) in [4.78, 5) is 4.63. The van der Waals surface area contributed by atoms with Gasteiger partial charge in [0.15, 0.2) is 0 Å². The van der Waals surface area contributed by atoms with Crippen LogP contribution in [0.4, 0.5) is 0 Å². The number of rotatable bonds is 0. The molecule has 3 heteroatoms. The monoisotopic (exact) mass is 222 g/mol. The normalized spacial score (nSPS) is 12.3. The van der Waals surface area contributed by atoms with Crippen molar-refractivity contribution in [2.45, 2.75) is 26.2 Å². The van der Waals surface area contributed by atoms with Gasteiger partial charge in [-0.2, -0.15) is 0 Å². The smallest absolute Gasteiger partial charge is 0.115 e. The molecule has 0 aliphatic rings. The Hall–Kier alpha value is -1.02. The molecule has 0 atom stereocenters. The zero-order chi connectivity index (χ0) is 11.2. The molecule has 0 fully saturated rings. The zero-order valence-corrected chi connectivity index (χ0v) is 10.3. The largest absolute Gasteiger partial charge is 0.331 e. The van der Waals surface area contributed by atoms with Crippen molar-refractivity contribution >= 4 is 22.6 Å². The molecule has 1 heterocycles. The van der Waals surface area contributed by atoms with Crippen LogP contribution in [0.15, 0.2) is 18.2 Å². The Kier molecular flexibility index (Phi) is 2.27. The van der Waals surface area contributed by atoms with Crippen molar-refractivity contribution in [2.24, 2.45) is 7.05 Å². The number of aromatic nitrogens is 2. The maximum absolute atomic E-state index is 5.97. The van der Waals surface area contributed by atoms with Gasteiger partial charge in [0.25, 0.3) is 0 Å². The molecule has 0 unspecified atom stereocenters. The third-order valence-corrected chi connectivity index (χ3v) is 2.75. The second-order valence-corrected chi connectivity index (χ2v) is 5.31. The number of benzene rings is 1. The highest BCUT2D eigenvalue weighted by Crippen LogP contribution is 2.26. The van der Waals surface area contributed by atoms with Crippen molar-refractivity contribution in [2.75, 3.05) is 0 Å². The van der Waals surface area contributed by atoms with Gasteiger partial charge in [-0.15, -0.1) is 0 Å². The lowest BCUT2D eigenvalue weighted by Gasteiger charge is -2.17. The van der Waals surface area contributed by atoms with E-state index in [2.05, 4.69) is 30.3 Å². The van der Waals surface area contributed by atoms with Gasteiger partial charge in [0.2, 0.25) is 0 Å². The third-order valence-electron chi connectivity index (χ3n) is 2.51. The summed E-state index contributed by atoms with van der Waals surface area (Å²) >= 11 is 5.97. The van der Waals surface area contributed by atoms with Crippen LogP contribution >= 0.6 is 11.6 Å². The average molecular weight is 223 g/mol. The summed E-state index contributed by atoms with van der Waals surface area (Å²) < 4.78 is 2.11. The highest BCUT2D eigenvalue weighted by molar-refractivity contribution is 6.31. The summed E-state index contributed by atoms with van der Waals surface area (Å²) in [5.74, 6) is 1.08. The predicted octanol–water partition coefficient (Wildman–Crippen LogP) is 3.52. The van der Waals surface area contributed by atoms with Crippen LogP contribution in [0, 0.1) is 0 Å². The van der Waals surface area contributed by atoms with Gasteiger partial charge in [-0.3, -0.25) is 0 Å². The first-order valence-corrected chi connectivity index (χ1v) is 5.40. The van der Waals surface area contributed by atoms with Crippen molar-refractivity contribution in [3.63, 3.8) is 0 Å². The Morgan fingerprint density at radius 2 is 1.93 bits per heavy atom. The summed E-state index contributed by atoms with van der Waals surface area (Å²) in [7, 11) is 2.03. The summed E-state index contributed by atoms with van der Waals surface area (Å²) in [5.41, 5.74) is 2.15. The molecular formula is C12H15ClN2. The molecule has 0 amide bonds. The van der Waals surface area contributed by atoms with E-state index in [1.165, 1.54) is 0 Å². The topological polar surface area (TPSA) is 17.8 Å². The van der Waals surface area contributed by atoms with Crippen LogP contribution in [0.25, 0.3) is 11.0 Å². The number of fused-ring (bicyclic) bond motifs is 1. The third kappa shape index (κ3) is 1.74. The standard InChI is InChI=1S/C12H15ClN2/c1-12(2,3)11-14-9-6-5-8(13)7-10(9)15(11)4/h5-7H,1-4H3. The molecule has 0 aliphatic heterocycles. The fourth-order valence-electron chi connectivity index (χ4n) is 1.83. The molecule has 1 aromatic heterocycles. The Labute approximate surface area is 94.9 Å². The minimum Gasteiger partial charge on any atom is -0.331 e. The van der Waals surface area contributed by atoms with E-state index in [9.17, 15) is 0 Å². The highest BCUT2D eigenvalue weighted by atomic mass is 35.5. The summed E-state index contributed by atoms with van der Waals surface area (Å²) in [5, 5.41) is 0.756. The molecule has 0 bridgehead atoms. The van der Waals surface area contributed by atoms with Crippen LogP contribution in [0.2, 0.25) is 5.02 Å². The van der Waals surface area contributed by atoms with Crippen LogP contribution in [0.1, 0.15) is 26.6 Å². The fraction of sp³-hybridized carbons (Fsp3) is 0.417. The van der Waals surface area contributed by atoms with Crippen LogP contribution in [-0.4, -0.2) is 9.55 Å². The van der Waals surface area contributed by atoms with E-state index in [0.717, 1.165) is 21.9 Å². The molecule has 0 aliphatic carbocycles. The quantitative estimate of drug-likeness (QED) is 0.667. The Bertz CT molecular complexity index is 506. The van der Waals surface area contributed by atoms with Crippen molar-refractivity contribution in [1.82, 2.24) is 9.55 Å². The average Bonchev–Trinajstić information content (AvgIpc) is 2.43. The van der Waals surface area contributed by atoms with E-state index in [0.29, 0.717) is 0 Å². The second-order valence-electron chi connectivity index (χ2n) is 4.88. The Morgan fingerprint density at radius 1 is 1.27 bits per heavy atom. The van der Waals surface area contributed by atoms with Gasteiger partial charge in [0, 0.05) is 17.5 Å². The van der Waals surface area contributed by atoms with Crippen molar-refractivity contribution in [3.05, 3.63) is 29.0 Å². The molecule has 2 aromatic rings. The van der Waals surface area contributed by atoms with Gasteiger partial charge in [0.05, 0.1) is 11.0 Å². The van der Waals surface area contributed by atoms with Crippen molar-refractivity contribution < 1.29 is 0 Å². The molecule has 1 aromatic carbocycles. The van der Waals surface area contributed by atoms with Gasteiger partial charge in [-0.1, -0.05) is 32.4 Å². The van der Waals surface area contributed by atoms with Crippen LogP contribution in [-0.2, 0) is 12.5 Å². The van der Waals surface area contributed by atoms with Crippen LogP contribution < -0.4 is 0 Å². The summed E-state index contributed by atoms with van der Waals surface area (Å²) in [6.07, 6.45) is 0. The zero-order valence-electron chi connectivity index (χ0n) is 9.50. The first kappa shape index (κ1) is 10.5. The van der Waals surface area contributed by atoms with Crippen molar-refractivity contribution in [1.29, 1.82) is 0 Å². The predicted molar refractivity (Wildman–Crippen MR) is 64.4 cm³/mol. The van der Waals surface area contributed by atoms with Gasteiger partial charge in [0.1, 0.15) is 5.82 Å². The Morgan fingerprint density at radius 3 is 2.53 bits per heavy atom.